The molecule has 2 heterocycles. The van der Waals surface area contributed by atoms with Crippen LogP contribution in [0.2, 0.25) is 0 Å². The maximum Gasteiger partial charge on any atom is 0.295 e. The van der Waals surface area contributed by atoms with Crippen LogP contribution < -0.4 is 0 Å². The number of rotatable bonds is 2. The topological polar surface area (TPSA) is 53.2 Å². The summed E-state index contributed by atoms with van der Waals surface area (Å²) >= 11 is 0. The van der Waals surface area contributed by atoms with Crippen molar-refractivity contribution in [2.24, 2.45) is 0 Å². The minimum atomic E-state index is -0.435. The van der Waals surface area contributed by atoms with Crippen LogP contribution in [0.25, 0.3) is 10.9 Å². The molecule has 0 aliphatic carbocycles. The van der Waals surface area contributed by atoms with Crippen LogP contribution in [0.4, 0.5) is 0 Å². The number of piperidine rings is 1. The molecule has 1 amide bonds. The summed E-state index contributed by atoms with van der Waals surface area (Å²) in [5.41, 5.74) is 2.47. The second-order valence-corrected chi connectivity index (χ2v) is 5.12. The highest BCUT2D eigenvalue weighted by Gasteiger charge is 2.26. The number of H-pyrrole nitrogens is 1. The molecule has 0 saturated carbocycles. The molecule has 1 aromatic heterocycles. The van der Waals surface area contributed by atoms with Gasteiger partial charge in [-0.15, -0.1) is 0 Å². The van der Waals surface area contributed by atoms with E-state index in [4.69, 9.17) is 0 Å². The zero-order chi connectivity index (χ0) is 14.1. The van der Waals surface area contributed by atoms with Gasteiger partial charge < -0.3 is 9.88 Å². The van der Waals surface area contributed by atoms with Gasteiger partial charge in [-0.3, -0.25) is 9.59 Å². The third-order valence-corrected chi connectivity index (χ3v) is 3.79. The number of nitrogens with zero attached hydrogens (tertiary/aromatic N) is 1. The number of Topliss-reactive ketones (excluding diaryl/α,β-unsaturated/α-hetero) is 1. The molecule has 20 heavy (non-hydrogen) atoms. The third kappa shape index (κ3) is 2.13. The van der Waals surface area contributed by atoms with Crippen molar-refractivity contribution < 1.29 is 9.59 Å². The van der Waals surface area contributed by atoms with Crippen LogP contribution in [0.5, 0.6) is 0 Å². The van der Waals surface area contributed by atoms with Crippen molar-refractivity contribution in [3.63, 3.8) is 0 Å². The Kier molecular flexibility index (Phi) is 3.14. The van der Waals surface area contributed by atoms with Crippen molar-refractivity contribution >= 4 is 22.6 Å². The van der Waals surface area contributed by atoms with Gasteiger partial charge in [0.2, 0.25) is 0 Å². The number of carbonyl (C=O) groups excluding carboxylic acids is 2. The highest BCUT2D eigenvalue weighted by atomic mass is 16.2. The molecular formula is C16H16N2O2. The van der Waals surface area contributed by atoms with E-state index in [0.717, 1.165) is 29.3 Å². The summed E-state index contributed by atoms with van der Waals surface area (Å²) in [5, 5.41) is 0.798. The van der Waals surface area contributed by atoms with Crippen LogP contribution in [-0.2, 0) is 4.79 Å². The van der Waals surface area contributed by atoms with Crippen molar-refractivity contribution in [3.05, 3.63) is 48.2 Å². The average Bonchev–Trinajstić information content (AvgIpc) is 2.90. The summed E-state index contributed by atoms with van der Waals surface area (Å²) in [7, 11) is 0. The Morgan fingerprint density at radius 1 is 1.15 bits per heavy atom. The minimum absolute atomic E-state index is 0.415. The molecule has 4 nitrogen and oxygen atoms in total. The second kappa shape index (κ2) is 4.96. The van der Waals surface area contributed by atoms with Crippen LogP contribution in [0.15, 0.2) is 42.6 Å². The number of amides is 1. The van der Waals surface area contributed by atoms with Crippen molar-refractivity contribution in [2.75, 3.05) is 13.1 Å². The summed E-state index contributed by atoms with van der Waals surface area (Å²) in [6.07, 6.45) is 3.19. The Balaban J connectivity index is 1.85. The molecule has 1 aromatic carbocycles. The molecule has 1 saturated heterocycles. The first kappa shape index (κ1) is 12.7. The van der Waals surface area contributed by atoms with E-state index in [1.54, 1.807) is 11.1 Å². The highest BCUT2D eigenvalue weighted by Crippen LogP contribution is 2.20. The number of para-hydroxylation sites is 1. The summed E-state index contributed by atoms with van der Waals surface area (Å²) in [5.74, 6) is -0.850. The van der Waals surface area contributed by atoms with Crippen LogP contribution in [0, 0.1) is 0 Å². The van der Waals surface area contributed by atoms with Gasteiger partial charge in [-0.2, -0.15) is 0 Å². The van der Waals surface area contributed by atoms with Crippen LogP contribution in [-0.4, -0.2) is 34.7 Å². The molecule has 1 N–H and O–H groups in total. The van der Waals surface area contributed by atoms with Crippen molar-refractivity contribution in [1.82, 2.24) is 9.88 Å². The fourth-order valence-electron chi connectivity index (χ4n) is 2.54. The lowest BCUT2D eigenvalue weighted by Crippen LogP contribution is -2.40. The van der Waals surface area contributed by atoms with E-state index >= 15 is 0 Å². The van der Waals surface area contributed by atoms with Gasteiger partial charge in [0.05, 0.1) is 5.56 Å². The zero-order valence-corrected chi connectivity index (χ0v) is 11.2. The van der Waals surface area contributed by atoms with E-state index in [2.05, 4.69) is 11.6 Å². The quantitative estimate of drug-likeness (QED) is 0.517. The molecule has 4 heteroatoms. The van der Waals surface area contributed by atoms with Crippen molar-refractivity contribution in [1.29, 1.82) is 0 Å². The lowest BCUT2D eigenvalue weighted by molar-refractivity contribution is -0.126. The lowest BCUT2D eigenvalue weighted by Gasteiger charge is -2.27. The van der Waals surface area contributed by atoms with E-state index in [9.17, 15) is 9.59 Å². The van der Waals surface area contributed by atoms with Gasteiger partial charge >= 0.3 is 0 Å². The summed E-state index contributed by atoms with van der Waals surface area (Å²) in [6.45, 7) is 5.09. The molecule has 1 aliphatic rings. The monoisotopic (exact) mass is 268 g/mol. The fourth-order valence-corrected chi connectivity index (χ4v) is 2.54. The molecule has 2 aromatic rings. The van der Waals surface area contributed by atoms with Gasteiger partial charge in [-0.1, -0.05) is 30.4 Å². The number of likely N-dealkylation sites (tertiary alicyclic amines) is 1. The number of ketones is 1. The molecule has 0 radical (unpaired) electrons. The summed E-state index contributed by atoms with van der Waals surface area (Å²) in [6, 6.07) is 7.50. The lowest BCUT2D eigenvalue weighted by atomic mass is 10.0. The van der Waals surface area contributed by atoms with Crippen LogP contribution >= 0.6 is 0 Å². The van der Waals surface area contributed by atoms with Crippen molar-refractivity contribution in [3.8, 4) is 0 Å². The average molecular weight is 268 g/mol. The number of benzene rings is 1. The van der Waals surface area contributed by atoms with Gasteiger partial charge in [0.1, 0.15) is 0 Å². The number of fused-ring (bicyclic) bond motifs is 1. The molecule has 1 fully saturated rings. The molecule has 0 spiro atoms. The molecule has 102 valence electrons. The van der Waals surface area contributed by atoms with Gasteiger partial charge in [0, 0.05) is 30.2 Å². The smallest absolute Gasteiger partial charge is 0.295 e. The Morgan fingerprint density at radius 3 is 2.60 bits per heavy atom. The molecular weight excluding hydrogens is 252 g/mol. The molecule has 0 bridgehead atoms. The summed E-state index contributed by atoms with van der Waals surface area (Å²) < 4.78 is 0. The van der Waals surface area contributed by atoms with Gasteiger partial charge in [-0.25, -0.2) is 0 Å². The summed E-state index contributed by atoms with van der Waals surface area (Å²) in [4.78, 5) is 29.3. The number of hydrogen-bond donors (Lipinski definition) is 1. The number of nitrogens with one attached hydrogen (secondary N) is 1. The third-order valence-electron chi connectivity index (χ3n) is 3.79. The van der Waals surface area contributed by atoms with E-state index in [-0.39, 0.29) is 0 Å². The Morgan fingerprint density at radius 2 is 1.85 bits per heavy atom. The number of hydrogen-bond acceptors (Lipinski definition) is 2. The standard InChI is InChI=1S/C16H16N2O2/c1-11-6-8-18(9-7-11)16(20)15(19)13-10-17-14-5-3-2-4-12(13)14/h2-5,10,17H,1,6-9H2. The number of carbonyl (C=O) groups is 2. The van der Waals surface area contributed by atoms with Gasteiger partial charge in [-0.05, 0) is 18.9 Å². The minimum Gasteiger partial charge on any atom is -0.360 e. The first-order valence-corrected chi connectivity index (χ1v) is 6.73. The zero-order valence-electron chi connectivity index (χ0n) is 11.2. The molecule has 1 aliphatic heterocycles. The largest absolute Gasteiger partial charge is 0.360 e. The maximum absolute atomic E-state index is 12.4. The highest BCUT2D eigenvalue weighted by molar-refractivity contribution is 6.44. The second-order valence-electron chi connectivity index (χ2n) is 5.12. The molecule has 3 rings (SSSR count). The SMILES string of the molecule is C=C1CCN(C(=O)C(=O)c2c[nH]c3ccccc23)CC1. The van der Waals surface area contributed by atoms with Crippen LogP contribution in [0.1, 0.15) is 23.2 Å². The Bertz CT molecular complexity index is 689. The van der Waals surface area contributed by atoms with E-state index < -0.39 is 11.7 Å². The van der Waals surface area contributed by atoms with Gasteiger partial charge in [0.25, 0.3) is 11.7 Å². The van der Waals surface area contributed by atoms with Crippen LogP contribution in [0.3, 0.4) is 0 Å². The predicted octanol–water partition coefficient (Wildman–Crippen LogP) is 2.53. The predicted molar refractivity (Wildman–Crippen MR) is 77.6 cm³/mol. The fraction of sp³-hybridized carbons (Fsp3) is 0.250. The Labute approximate surface area is 117 Å². The first-order chi connectivity index (χ1) is 9.66. The maximum atomic E-state index is 12.4. The van der Waals surface area contributed by atoms with Gasteiger partial charge in [0.15, 0.2) is 0 Å². The van der Waals surface area contributed by atoms with E-state index in [0.29, 0.717) is 18.7 Å². The van der Waals surface area contributed by atoms with E-state index in [1.165, 1.54) is 0 Å². The Hall–Kier alpha value is -2.36. The normalized spacial score (nSPS) is 15.6. The molecule has 0 atom stereocenters. The van der Waals surface area contributed by atoms with Crippen molar-refractivity contribution in [2.45, 2.75) is 12.8 Å². The molecule has 0 unspecified atom stereocenters. The number of aromatic amines is 1. The first-order valence-electron chi connectivity index (χ1n) is 6.73. The van der Waals surface area contributed by atoms with E-state index in [1.807, 2.05) is 24.3 Å². The number of aromatic nitrogens is 1.